The van der Waals surface area contributed by atoms with Crippen molar-refractivity contribution in [3.8, 4) is 5.69 Å². The number of halogens is 2. The van der Waals surface area contributed by atoms with Crippen molar-refractivity contribution in [2.24, 2.45) is 5.41 Å². The van der Waals surface area contributed by atoms with Crippen molar-refractivity contribution < 1.29 is 4.39 Å². The second-order valence-electron chi connectivity index (χ2n) is 8.93. The number of hydrogen-bond acceptors (Lipinski definition) is 3. The van der Waals surface area contributed by atoms with Gasteiger partial charge in [-0.25, -0.2) is 9.37 Å². The molecular weight excluding hydrogens is 413 g/mol. The Hall–Kier alpha value is -2.66. The Balaban J connectivity index is 1.43. The first-order valence-corrected chi connectivity index (χ1v) is 11.1. The molecule has 3 aromatic rings. The molecule has 0 saturated carbocycles. The Morgan fingerprint density at radius 3 is 2.29 bits per heavy atom. The average Bonchev–Trinajstić information content (AvgIpc) is 3.12. The van der Waals surface area contributed by atoms with Crippen molar-refractivity contribution >= 4 is 17.4 Å². The van der Waals surface area contributed by atoms with Crippen molar-refractivity contribution in [1.29, 1.82) is 0 Å². The summed E-state index contributed by atoms with van der Waals surface area (Å²) in [5, 5.41) is -0.0673. The quantitative estimate of drug-likeness (QED) is 0.564. The van der Waals surface area contributed by atoms with Gasteiger partial charge in [0, 0.05) is 13.1 Å². The number of anilines is 1. The van der Waals surface area contributed by atoms with Crippen LogP contribution in [0.3, 0.4) is 0 Å². The number of piperidine rings is 1. The molecule has 2 aromatic carbocycles. The van der Waals surface area contributed by atoms with Crippen molar-refractivity contribution in [1.82, 2.24) is 9.55 Å². The third-order valence-corrected chi connectivity index (χ3v) is 7.37. The van der Waals surface area contributed by atoms with Crippen LogP contribution >= 0.6 is 11.6 Å². The highest BCUT2D eigenvalue weighted by molar-refractivity contribution is 6.32. The van der Waals surface area contributed by atoms with Gasteiger partial charge in [0.05, 0.1) is 11.3 Å². The SMILES string of the molecule is Cc1c(N2CCC3(CC2)Cc2ccccc2C3)nc(C)n(-c2cccc(F)c2Cl)c1=O. The van der Waals surface area contributed by atoms with Gasteiger partial charge < -0.3 is 4.90 Å². The zero-order valence-electron chi connectivity index (χ0n) is 17.8. The minimum Gasteiger partial charge on any atom is -0.356 e. The molecule has 4 nitrogen and oxygen atoms in total. The van der Waals surface area contributed by atoms with E-state index in [0.29, 0.717) is 22.5 Å². The number of fused-ring (bicyclic) bond motifs is 1. The fourth-order valence-electron chi connectivity index (χ4n) is 5.27. The van der Waals surface area contributed by atoms with E-state index in [-0.39, 0.29) is 10.6 Å². The third-order valence-electron chi connectivity index (χ3n) is 7.00. The molecule has 0 unspecified atom stereocenters. The molecule has 1 fully saturated rings. The summed E-state index contributed by atoms with van der Waals surface area (Å²) in [4.78, 5) is 20.2. The first kappa shape index (κ1) is 20.3. The number of nitrogens with zero attached hydrogens (tertiary/aromatic N) is 3. The zero-order chi connectivity index (χ0) is 21.8. The summed E-state index contributed by atoms with van der Waals surface area (Å²) in [7, 11) is 0. The monoisotopic (exact) mass is 437 g/mol. The summed E-state index contributed by atoms with van der Waals surface area (Å²) in [5.41, 5.74) is 3.98. The molecule has 0 radical (unpaired) electrons. The molecule has 6 heteroatoms. The van der Waals surface area contributed by atoms with Crippen molar-refractivity contribution in [2.45, 2.75) is 39.5 Å². The molecule has 2 aliphatic rings. The molecule has 1 saturated heterocycles. The predicted octanol–water partition coefficient (Wildman–Crippen LogP) is 5.03. The van der Waals surface area contributed by atoms with E-state index in [4.69, 9.17) is 16.6 Å². The number of hydrogen-bond donors (Lipinski definition) is 0. The molecule has 1 aliphatic carbocycles. The summed E-state index contributed by atoms with van der Waals surface area (Å²) >= 11 is 6.15. The number of aromatic nitrogens is 2. The van der Waals surface area contributed by atoms with Crippen LogP contribution in [0.1, 0.15) is 35.4 Å². The maximum Gasteiger partial charge on any atom is 0.263 e. The standard InChI is InChI=1S/C25H25ClFN3O/c1-16-23(28-17(2)30(24(16)31)21-9-5-8-20(27)22(21)26)29-12-10-25(11-13-29)14-18-6-3-4-7-19(18)15-25/h3-9H,10-15H2,1-2H3. The van der Waals surface area contributed by atoms with Gasteiger partial charge in [-0.1, -0.05) is 41.9 Å². The van der Waals surface area contributed by atoms with Crippen LogP contribution in [-0.4, -0.2) is 22.6 Å². The molecule has 0 amide bonds. The molecule has 0 atom stereocenters. The Morgan fingerprint density at radius 1 is 1.00 bits per heavy atom. The lowest BCUT2D eigenvalue weighted by molar-refractivity contribution is 0.232. The summed E-state index contributed by atoms with van der Waals surface area (Å²) < 4.78 is 15.4. The lowest BCUT2D eigenvalue weighted by atomic mass is 9.76. The van der Waals surface area contributed by atoms with Gasteiger partial charge in [-0.3, -0.25) is 9.36 Å². The maximum atomic E-state index is 14.0. The average molecular weight is 438 g/mol. The molecule has 2 heterocycles. The highest BCUT2D eigenvalue weighted by Crippen LogP contribution is 2.45. The van der Waals surface area contributed by atoms with Crippen LogP contribution in [0, 0.1) is 25.1 Å². The van der Waals surface area contributed by atoms with Crippen molar-refractivity contribution in [3.05, 3.63) is 86.2 Å². The maximum absolute atomic E-state index is 14.0. The number of benzene rings is 2. The van der Waals surface area contributed by atoms with Crippen LogP contribution in [-0.2, 0) is 12.8 Å². The van der Waals surface area contributed by atoms with Crippen LogP contribution in [0.15, 0.2) is 47.3 Å². The van der Waals surface area contributed by atoms with Crippen molar-refractivity contribution in [3.63, 3.8) is 0 Å². The van der Waals surface area contributed by atoms with E-state index in [9.17, 15) is 9.18 Å². The van der Waals surface area contributed by atoms with Gasteiger partial charge in [-0.05, 0) is 68.2 Å². The Labute approximate surface area is 186 Å². The van der Waals surface area contributed by atoms with Crippen LogP contribution in [0.25, 0.3) is 5.69 Å². The van der Waals surface area contributed by atoms with E-state index in [1.807, 2.05) is 0 Å². The van der Waals surface area contributed by atoms with Crippen LogP contribution < -0.4 is 10.5 Å². The molecular formula is C25H25ClFN3O. The molecule has 5 rings (SSSR count). The molecule has 160 valence electrons. The Morgan fingerprint density at radius 2 is 1.65 bits per heavy atom. The molecule has 0 N–H and O–H groups in total. The largest absolute Gasteiger partial charge is 0.356 e. The van der Waals surface area contributed by atoms with Gasteiger partial charge in [-0.15, -0.1) is 0 Å². The smallest absolute Gasteiger partial charge is 0.263 e. The third kappa shape index (κ3) is 3.35. The van der Waals surface area contributed by atoms with E-state index in [1.54, 1.807) is 26.0 Å². The zero-order valence-corrected chi connectivity index (χ0v) is 18.5. The van der Waals surface area contributed by atoms with E-state index in [1.165, 1.54) is 21.8 Å². The lowest BCUT2D eigenvalue weighted by Crippen LogP contribution is -2.42. The Kier molecular flexibility index (Phi) is 4.89. The highest BCUT2D eigenvalue weighted by Gasteiger charge is 2.40. The van der Waals surface area contributed by atoms with E-state index in [0.717, 1.165) is 44.6 Å². The predicted molar refractivity (Wildman–Crippen MR) is 122 cm³/mol. The molecule has 1 aromatic heterocycles. The Bertz CT molecular complexity index is 1200. The van der Waals surface area contributed by atoms with Gasteiger partial charge in [0.25, 0.3) is 5.56 Å². The van der Waals surface area contributed by atoms with E-state index >= 15 is 0 Å². The van der Waals surface area contributed by atoms with Crippen molar-refractivity contribution in [2.75, 3.05) is 18.0 Å². The first-order valence-electron chi connectivity index (χ1n) is 10.7. The highest BCUT2D eigenvalue weighted by atomic mass is 35.5. The normalized spacial score (nSPS) is 17.2. The summed E-state index contributed by atoms with van der Waals surface area (Å²) in [6, 6.07) is 13.2. The molecule has 0 bridgehead atoms. The van der Waals surface area contributed by atoms with Crippen LogP contribution in [0.4, 0.5) is 10.2 Å². The van der Waals surface area contributed by atoms with Gasteiger partial charge in [0.15, 0.2) is 0 Å². The van der Waals surface area contributed by atoms with Crippen LogP contribution in [0.5, 0.6) is 0 Å². The fraction of sp³-hybridized carbons (Fsp3) is 0.360. The van der Waals surface area contributed by atoms with Gasteiger partial charge >= 0.3 is 0 Å². The van der Waals surface area contributed by atoms with E-state index < -0.39 is 5.82 Å². The van der Waals surface area contributed by atoms with Crippen LogP contribution in [0.2, 0.25) is 5.02 Å². The minimum atomic E-state index is -0.550. The number of aryl methyl sites for hydroxylation is 1. The second kappa shape index (κ2) is 7.49. The fourth-order valence-corrected chi connectivity index (χ4v) is 5.48. The van der Waals surface area contributed by atoms with Gasteiger partial charge in [0.1, 0.15) is 22.5 Å². The summed E-state index contributed by atoms with van der Waals surface area (Å²) in [5.74, 6) is 0.689. The molecule has 31 heavy (non-hydrogen) atoms. The van der Waals surface area contributed by atoms with Gasteiger partial charge in [-0.2, -0.15) is 0 Å². The topological polar surface area (TPSA) is 38.1 Å². The lowest BCUT2D eigenvalue weighted by Gasteiger charge is -2.40. The second-order valence-corrected chi connectivity index (χ2v) is 9.31. The molecule has 1 spiro atoms. The number of rotatable bonds is 2. The minimum absolute atomic E-state index is 0.0673. The van der Waals surface area contributed by atoms with Gasteiger partial charge in [0.2, 0.25) is 0 Å². The summed E-state index contributed by atoms with van der Waals surface area (Å²) in [6.45, 7) is 5.32. The first-order chi connectivity index (χ1) is 14.9. The van der Waals surface area contributed by atoms with E-state index in [2.05, 4.69) is 29.2 Å². The molecule has 1 aliphatic heterocycles. The summed E-state index contributed by atoms with van der Waals surface area (Å²) in [6.07, 6.45) is 4.45.